The van der Waals surface area contributed by atoms with Crippen molar-refractivity contribution in [3.63, 3.8) is 0 Å². The van der Waals surface area contributed by atoms with E-state index < -0.39 is 28.5 Å². The maximum Gasteiger partial charge on any atom is 0.308 e. The Balaban J connectivity index is 1.44. The number of amides is 1. The Bertz CT molecular complexity index is 1060. The molecule has 164 valence electrons. The molecule has 0 radical (unpaired) electrons. The van der Waals surface area contributed by atoms with Crippen LogP contribution in [0.1, 0.15) is 19.3 Å². The second kappa shape index (κ2) is 10.5. The van der Waals surface area contributed by atoms with Crippen molar-refractivity contribution in [2.75, 3.05) is 30.3 Å². The number of rotatable bonds is 9. The Kier molecular flexibility index (Phi) is 7.49. The normalized spacial score (nSPS) is 13.2. The van der Waals surface area contributed by atoms with Gasteiger partial charge in [-0.2, -0.15) is 0 Å². The van der Waals surface area contributed by atoms with Crippen LogP contribution in [0.4, 0.5) is 11.6 Å². The van der Waals surface area contributed by atoms with Crippen LogP contribution >= 0.6 is 0 Å². The van der Waals surface area contributed by atoms with E-state index >= 15 is 0 Å². The summed E-state index contributed by atoms with van der Waals surface area (Å²) in [6.45, 7) is 0.359. The van der Waals surface area contributed by atoms with E-state index in [0.717, 1.165) is 6.42 Å². The number of aliphatic imine (C=N–C) groups is 1. The lowest BCUT2D eigenvalue weighted by atomic mass is 10.3. The molecule has 0 fully saturated rings. The van der Waals surface area contributed by atoms with Gasteiger partial charge in [0, 0.05) is 37.6 Å². The zero-order chi connectivity index (χ0) is 22.1. The molecule has 3 N–H and O–H groups in total. The van der Waals surface area contributed by atoms with E-state index in [0.29, 0.717) is 24.7 Å². The summed E-state index contributed by atoms with van der Waals surface area (Å²) >= 11 is 0. The number of carbonyl (C=O) groups is 2. The number of nitrogens with one attached hydrogen (secondary N) is 3. The highest BCUT2D eigenvalue weighted by atomic mass is 32.2. The maximum atomic E-state index is 12.5. The van der Waals surface area contributed by atoms with Crippen molar-refractivity contribution in [2.24, 2.45) is 4.99 Å². The third-order valence-corrected chi connectivity index (χ3v) is 5.48. The van der Waals surface area contributed by atoms with Crippen LogP contribution in [0.15, 0.2) is 52.6 Å². The molecule has 0 saturated heterocycles. The number of hydrogen-bond donors (Lipinski definition) is 3. The predicted molar refractivity (Wildman–Crippen MR) is 113 cm³/mol. The molecule has 0 bridgehead atoms. The van der Waals surface area contributed by atoms with Crippen molar-refractivity contribution >= 4 is 39.4 Å². The molecule has 1 amide bonds. The molecule has 11 nitrogen and oxygen atoms in total. The number of esters is 1. The molecule has 3 rings (SSSR count). The quantitative estimate of drug-likeness (QED) is 0.481. The molecule has 1 aromatic carbocycles. The van der Waals surface area contributed by atoms with Crippen LogP contribution in [0.5, 0.6) is 0 Å². The monoisotopic (exact) mass is 446 g/mol. The highest BCUT2D eigenvalue weighted by Crippen LogP contribution is 2.16. The van der Waals surface area contributed by atoms with Crippen molar-refractivity contribution < 1.29 is 22.7 Å². The molecule has 12 heteroatoms. The lowest BCUT2D eigenvalue weighted by Gasteiger charge is -2.10. The van der Waals surface area contributed by atoms with Gasteiger partial charge in [-0.3, -0.25) is 19.3 Å². The van der Waals surface area contributed by atoms with Crippen LogP contribution in [0.3, 0.4) is 0 Å². The van der Waals surface area contributed by atoms with Crippen LogP contribution in [0.2, 0.25) is 0 Å². The standard InChI is InChI=1S/C19H22N6O5S/c26-17(13-30-18(27)7-11-23-19-21-9-3-10-22-19)24-14-4-1-5-15(12-14)31(28,29)25-16-6-2-8-20-16/h1,3-5,9-10,12H,2,6-8,11,13H2,(H,20,25)(H,24,26)(H,21,22,23). The first kappa shape index (κ1) is 22.2. The van der Waals surface area contributed by atoms with Gasteiger partial charge in [0.2, 0.25) is 5.95 Å². The first-order valence-electron chi connectivity index (χ1n) is 9.55. The Labute approximate surface area is 179 Å². The van der Waals surface area contributed by atoms with Gasteiger partial charge in [-0.05, 0) is 30.7 Å². The third kappa shape index (κ3) is 7.03. The van der Waals surface area contributed by atoms with Gasteiger partial charge in [0.15, 0.2) is 6.61 Å². The van der Waals surface area contributed by atoms with Gasteiger partial charge in [0.25, 0.3) is 15.9 Å². The summed E-state index contributed by atoms with van der Waals surface area (Å²) < 4.78 is 32.3. The zero-order valence-electron chi connectivity index (χ0n) is 16.6. The predicted octanol–water partition coefficient (Wildman–Crippen LogP) is 0.931. The molecular formula is C19H22N6O5S. The average molecular weight is 446 g/mol. The summed E-state index contributed by atoms with van der Waals surface area (Å²) in [6.07, 6.45) is 4.54. The molecule has 0 saturated carbocycles. The van der Waals surface area contributed by atoms with Gasteiger partial charge < -0.3 is 15.4 Å². The number of sulfonamides is 1. The van der Waals surface area contributed by atoms with E-state index in [1.165, 1.54) is 24.3 Å². The van der Waals surface area contributed by atoms with Crippen molar-refractivity contribution in [3.05, 3.63) is 42.7 Å². The molecule has 0 spiro atoms. The highest BCUT2D eigenvalue weighted by Gasteiger charge is 2.19. The summed E-state index contributed by atoms with van der Waals surface area (Å²) in [5.41, 5.74) is 0.264. The summed E-state index contributed by atoms with van der Waals surface area (Å²) in [6, 6.07) is 7.45. The van der Waals surface area contributed by atoms with Gasteiger partial charge in [-0.15, -0.1) is 0 Å². The molecule has 0 aliphatic carbocycles. The number of anilines is 2. The molecular weight excluding hydrogens is 424 g/mol. The van der Waals surface area contributed by atoms with Crippen LogP contribution < -0.4 is 15.4 Å². The van der Waals surface area contributed by atoms with Gasteiger partial charge in [-0.25, -0.2) is 18.4 Å². The summed E-state index contributed by atoms with van der Waals surface area (Å²) in [7, 11) is -3.80. The van der Waals surface area contributed by atoms with Crippen molar-refractivity contribution in [1.82, 2.24) is 14.7 Å². The Morgan fingerprint density at radius 2 is 1.94 bits per heavy atom. The van der Waals surface area contributed by atoms with Gasteiger partial charge in [-0.1, -0.05) is 6.07 Å². The summed E-state index contributed by atoms with van der Waals surface area (Å²) in [5, 5.41) is 5.37. The van der Waals surface area contributed by atoms with Gasteiger partial charge >= 0.3 is 5.97 Å². The number of nitrogens with zero attached hydrogens (tertiary/aromatic N) is 3. The first-order valence-corrected chi connectivity index (χ1v) is 11.0. The number of amidine groups is 1. The minimum absolute atomic E-state index is 0.00824. The maximum absolute atomic E-state index is 12.5. The lowest BCUT2D eigenvalue weighted by molar-refractivity contribution is -0.147. The number of benzene rings is 1. The smallest absolute Gasteiger partial charge is 0.308 e. The highest BCUT2D eigenvalue weighted by molar-refractivity contribution is 7.90. The van der Waals surface area contributed by atoms with Crippen LogP contribution in [0.25, 0.3) is 0 Å². The van der Waals surface area contributed by atoms with Gasteiger partial charge in [0.1, 0.15) is 5.84 Å². The number of ether oxygens (including phenoxy) is 1. The first-order chi connectivity index (χ1) is 14.9. The van der Waals surface area contributed by atoms with E-state index in [-0.39, 0.29) is 23.5 Å². The van der Waals surface area contributed by atoms with Crippen LogP contribution in [-0.4, -0.2) is 55.8 Å². The molecule has 1 aliphatic heterocycles. The van der Waals surface area contributed by atoms with Crippen LogP contribution in [0, 0.1) is 0 Å². The fourth-order valence-electron chi connectivity index (χ4n) is 2.66. The van der Waals surface area contributed by atoms with Crippen molar-refractivity contribution in [2.45, 2.75) is 24.2 Å². The lowest BCUT2D eigenvalue weighted by Crippen LogP contribution is -2.29. The molecule has 0 atom stereocenters. The summed E-state index contributed by atoms with van der Waals surface area (Å²) in [5.74, 6) is -0.348. The van der Waals surface area contributed by atoms with Crippen molar-refractivity contribution in [3.8, 4) is 0 Å². The Hall–Kier alpha value is -3.54. The SMILES string of the molecule is O=C(COC(=O)CCNc1ncccn1)Nc1cccc(S(=O)(=O)NC2=NCCC2)c1. The second-order valence-electron chi connectivity index (χ2n) is 6.52. The van der Waals surface area contributed by atoms with E-state index in [1.54, 1.807) is 18.5 Å². The molecule has 31 heavy (non-hydrogen) atoms. The van der Waals surface area contributed by atoms with E-state index in [2.05, 4.69) is 30.3 Å². The fraction of sp³-hybridized carbons (Fsp3) is 0.316. The fourth-order valence-corrected chi connectivity index (χ4v) is 3.79. The summed E-state index contributed by atoms with van der Waals surface area (Å²) in [4.78, 5) is 35.8. The average Bonchev–Trinajstić information content (AvgIpc) is 3.25. The molecule has 1 aromatic heterocycles. The largest absolute Gasteiger partial charge is 0.456 e. The minimum atomic E-state index is -3.80. The molecule has 2 aromatic rings. The minimum Gasteiger partial charge on any atom is -0.456 e. The topological polar surface area (TPSA) is 152 Å². The van der Waals surface area contributed by atoms with E-state index in [9.17, 15) is 18.0 Å². The molecule has 0 unspecified atom stereocenters. The molecule has 1 aliphatic rings. The number of aromatic nitrogens is 2. The van der Waals surface area contributed by atoms with Gasteiger partial charge in [0.05, 0.1) is 11.3 Å². The van der Waals surface area contributed by atoms with Crippen molar-refractivity contribution in [1.29, 1.82) is 0 Å². The van der Waals surface area contributed by atoms with E-state index in [1.807, 2.05) is 0 Å². The second-order valence-corrected chi connectivity index (χ2v) is 8.21. The molecule has 2 heterocycles. The zero-order valence-corrected chi connectivity index (χ0v) is 17.4. The Morgan fingerprint density at radius 1 is 1.13 bits per heavy atom. The Morgan fingerprint density at radius 3 is 2.68 bits per heavy atom. The van der Waals surface area contributed by atoms with E-state index in [4.69, 9.17) is 4.74 Å². The number of hydrogen-bond acceptors (Lipinski definition) is 9. The third-order valence-electron chi connectivity index (χ3n) is 4.10. The number of carbonyl (C=O) groups excluding carboxylic acids is 2. The van der Waals surface area contributed by atoms with Crippen LogP contribution in [-0.2, 0) is 24.3 Å².